The maximum atomic E-state index is 12.1. The van der Waals surface area contributed by atoms with Crippen molar-refractivity contribution >= 4 is 23.3 Å². The zero-order valence-electron chi connectivity index (χ0n) is 14.7. The summed E-state index contributed by atoms with van der Waals surface area (Å²) in [6.07, 6.45) is -7.65. The molecule has 2 rings (SSSR count). The first-order valence-electron chi connectivity index (χ1n) is 6.32. The van der Waals surface area contributed by atoms with Crippen molar-refractivity contribution in [2.75, 3.05) is 0 Å². The fourth-order valence-electron chi connectivity index (χ4n) is 1.74. The van der Waals surface area contributed by atoms with Gasteiger partial charge in [-0.05, 0) is 0 Å². The van der Waals surface area contributed by atoms with Crippen molar-refractivity contribution in [1.29, 1.82) is 0 Å². The number of alkyl halides is 6. The van der Waals surface area contributed by atoms with Crippen LogP contribution >= 0.6 is 0 Å². The molecule has 0 radical (unpaired) electrons. The summed E-state index contributed by atoms with van der Waals surface area (Å²) in [5, 5.41) is 23.5. The first-order valence-corrected chi connectivity index (χ1v) is 6.32. The van der Waals surface area contributed by atoms with E-state index in [4.69, 9.17) is 10.2 Å². The number of aliphatic hydroxyl groups excluding tert-OH is 1. The molecule has 2 aromatic heterocycles. The second-order valence-corrected chi connectivity index (χ2v) is 4.69. The molecular formula is C12H16AlF6LiN4O3. The van der Waals surface area contributed by atoms with E-state index in [1.54, 1.807) is 0 Å². The number of carboxylic acids is 1. The Balaban J connectivity index is -0.000000404. The summed E-state index contributed by atoms with van der Waals surface area (Å²) in [4.78, 5) is 10.3. The van der Waals surface area contributed by atoms with Crippen molar-refractivity contribution in [2.45, 2.75) is 19.0 Å². The molecule has 7 nitrogen and oxygen atoms in total. The number of carbonyl (C=O) groups is 1. The molecule has 0 saturated carbocycles. The van der Waals surface area contributed by atoms with Crippen LogP contribution < -0.4 is 18.9 Å². The van der Waals surface area contributed by atoms with Crippen LogP contribution in [-0.4, -0.2) is 53.1 Å². The fourth-order valence-corrected chi connectivity index (χ4v) is 1.74. The molecule has 0 aliphatic heterocycles. The molecule has 2 aromatic rings. The van der Waals surface area contributed by atoms with Gasteiger partial charge in [-0.15, -0.1) is 0 Å². The van der Waals surface area contributed by atoms with Gasteiger partial charge >= 0.3 is 37.2 Å². The van der Waals surface area contributed by atoms with Crippen LogP contribution in [0.4, 0.5) is 26.3 Å². The largest absolute Gasteiger partial charge is 1.00 e. The number of hydrogen-bond acceptors (Lipinski definition) is 4. The van der Waals surface area contributed by atoms with Crippen molar-refractivity contribution < 1.29 is 61.6 Å². The number of rotatable bonds is 2. The van der Waals surface area contributed by atoms with Gasteiger partial charge in [-0.3, -0.25) is 9.36 Å². The molecule has 0 saturated heterocycles. The van der Waals surface area contributed by atoms with E-state index < -0.39 is 41.7 Å². The summed E-state index contributed by atoms with van der Waals surface area (Å²) in [5.41, 5.74) is -3.44. The van der Waals surface area contributed by atoms with Gasteiger partial charge in [0.2, 0.25) is 0 Å². The fraction of sp³-hybridized carbons (Fsp3) is 0.417. The van der Waals surface area contributed by atoms with E-state index in [2.05, 4.69) is 10.2 Å². The average molecular weight is 412 g/mol. The van der Waals surface area contributed by atoms with Gasteiger partial charge in [-0.25, -0.2) is 4.79 Å². The average Bonchev–Trinajstić information content (AvgIpc) is 3.01. The number of nitrogens with zero attached hydrogens (tertiary/aromatic N) is 4. The molecule has 148 valence electrons. The number of aryl methyl sites for hydroxylation is 2. The third kappa shape index (κ3) is 7.60. The van der Waals surface area contributed by atoms with Crippen LogP contribution in [-0.2, 0) is 33.1 Å². The van der Waals surface area contributed by atoms with Gasteiger partial charge in [0.15, 0.2) is 23.1 Å². The first-order chi connectivity index (χ1) is 11.3. The maximum Gasteiger partial charge on any atom is 1.00 e. The Bertz CT molecular complexity index is 766. The van der Waals surface area contributed by atoms with Gasteiger partial charge in [0.05, 0.1) is 12.2 Å². The minimum Gasteiger partial charge on any atom is -1.00 e. The number of aromatic carboxylic acids is 1. The molecule has 15 heteroatoms. The number of carboxylic acid groups (broad SMARTS) is 1. The normalized spacial score (nSPS) is 11.0. The molecule has 2 N–H and O–H groups in total. The zero-order valence-corrected chi connectivity index (χ0v) is 13.7. The Labute approximate surface area is 172 Å². The van der Waals surface area contributed by atoms with Gasteiger partial charge in [-0.2, -0.15) is 36.5 Å². The monoisotopic (exact) mass is 412 g/mol. The van der Waals surface area contributed by atoms with Crippen LogP contribution in [0, 0.1) is 0 Å². The Hall–Kier alpha value is -1.44. The van der Waals surface area contributed by atoms with Gasteiger partial charge in [0, 0.05) is 26.5 Å². The molecule has 0 aliphatic rings. The summed E-state index contributed by atoms with van der Waals surface area (Å²) >= 11 is 0. The van der Waals surface area contributed by atoms with E-state index in [0.29, 0.717) is 6.20 Å². The smallest absolute Gasteiger partial charge is 1.00 e. The van der Waals surface area contributed by atoms with Crippen molar-refractivity contribution in [3.05, 3.63) is 34.9 Å². The SMILES string of the molecule is Cn1cc(C(F)(F)F)c(C(=O)O)n1.Cn1cc(C(F)(F)F)c(CO)n1.[AlH3].[H-].[Li+]. The minimum absolute atomic E-state index is 0. The molecule has 0 fully saturated rings. The van der Waals surface area contributed by atoms with Crippen LogP contribution in [0.2, 0.25) is 0 Å². The van der Waals surface area contributed by atoms with E-state index in [9.17, 15) is 31.1 Å². The van der Waals surface area contributed by atoms with Crippen LogP contribution in [0.25, 0.3) is 0 Å². The molecule has 0 unspecified atom stereocenters. The third-order valence-electron chi connectivity index (χ3n) is 2.70. The zero-order chi connectivity index (χ0) is 19.6. The van der Waals surface area contributed by atoms with E-state index >= 15 is 0 Å². The molecule has 0 bridgehead atoms. The third-order valence-corrected chi connectivity index (χ3v) is 2.70. The second kappa shape index (κ2) is 10.2. The molecule has 0 aromatic carbocycles. The van der Waals surface area contributed by atoms with E-state index in [1.165, 1.54) is 14.1 Å². The summed E-state index contributed by atoms with van der Waals surface area (Å²) in [6, 6.07) is 0. The molecule has 0 spiro atoms. The summed E-state index contributed by atoms with van der Waals surface area (Å²) in [6.45, 7) is -0.699. The summed E-state index contributed by atoms with van der Waals surface area (Å²) in [7, 11) is 2.59. The van der Waals surface area contributed by atoms with Crippen molar-refractivity contribution in [1.82, 2.24) is 19.6 Å². The van der Waals surface area contributed by atoms with E-state index in [1.807, 2.05) is 0 Å². The van der Waals surface area contributed by atoms with Crippen LogP contribution in [0.3, 0.4) is 0 Å². The van der Waals surface area contributed by atoms with Gasteiger partial charge in [-0.1, -0.05) is 0 Å². The van der Waals surface area contributed by atoms with Crippen LogP contribution in [0.5, 0.6) is 0 Å². The van der Waals surface area contributed by atoms with Crippen LogP contribution in [0.1, 0.15) is 28.7 Å². The molecule has 0 aliphatic carbocycles. The molecule has 0 amide bonds. The molecular weight excluding hydrogens is 396 g/mol. The predicted octanol–water partition coefficient (Wildman–Crippen LogP) is -2.00. The Morgan fingerprint density at radius 3 is 1.74 bits per heavy atom. The minimum atomic E-state index is -4.68. The predicted molar refractivity (Wildman–Crippen MR) is 80.4 cm³/mol. The summed E-state index contributed by atoms with van der Waals surface area (Å²) in [5.74, 6) is -1.69. The number of hydrogen-bond donors (Lipinski definition) is 2. The molecule has 0 atom stereocenters. The van der Waals surface area contributed by atoms with E-state index in [0.717, 1.165) is 15.6 Å². The van der Waals surface area contributed by atoms with Crippen LogP contribution in [0.15, 0.2) is 12.4 Å². The van der Waals surface area contributed by atoms with Crippen molar-refractivity contribution in [3.63, 3.8) is 0 Å². The van der Waals surface area contributed by atoms with Crippen molar-refractivity contribution in [3.8, 4) is 0 Å². The standard InChI is InChI=1S/C6H5F3N2O2.C6H7F3N2O.Al.Li.4H/c1-11-2-3(6(7,8)9)4(10-11)5(12)13;1-11-2-4(6(7,8)9)5(3-12)10-11;;;;;;/h2H,1H3,(H,12,13);2,12H,3H2,1H3;;;;;;/q;;;+1;;;;-1. The van der Waals surface area contributed by atoms with Gasteiger partial charge in [0.1, 0.15) is 11.3 Å². The molecule has 27 heavy (non-hydrogen) atoms. The number of aromatic nitrogens is 4. The topological polar surface area (TPSA) is 93.2 Å². The number of halogens is 6. The second-order valence-electron chi connectivity index (χ2n) is 4.69. The summed E-state index contributed by atoms with van der Waals surface area (Å²) < 4.78 is 74.4. The Morgan fingerprint density at radius 1 is 1.04 bits per heavy atom. The Kier molecular flexibility index (Phi) is 10.5. The van der Waals surface area contributed by atoms with Gasteiger partial charge < -0.3 is 11.6 Å². The maximum absolute atomic E-state index is 12.1. The number of aliphatic hydroxyl groups is 1. The molecule has 2 heterocycles. The van der Waals surface area contributed by atoms with E-state index in [-0.39, 0.29) is 43.3 Å². The van der Waals surface area contributed by atoms with Gasteiger partial charge in [0.25, 0.3) is 0 Å². The first kappa shape index (κ1) is 27.8. The Morgan fingerprint density at radius 2 is 1.44 bits per heavy atom. The quantitative estimate of drug-likeness (QED) is 0.440. The van der Waals surface area contributed by atoms with Crippen molar-refractivity contribution in [2.24, 2.45) is 14.1 Å².